The molecule has 0 aliphatic carbocycles. The molecule has 0 saturated heterocycles. The van der Waals surface area contributed by atoms with E-state index in [4.69, 9.17) is 5.11 Å². The summed E-state index contributed by atoms with van der Waals surface area (Å²) in [7, 11) is 0. The average molecular weight is 308 g/mol. The van der Waals surface area contributed by atoms with Crippen LogP contribution in [-0.4, -0.2) is 46.7 Å². The largest absolute Gasteiger partial charge is 0.480 e. The van der Waals surface area contributed by atoms with Crippen LogP contribution in [0.15, 0.2) is 30.3 Å². The van der Waals surface area contributed by atoms with Gasteiger partial charge < -0.3 is 20.8 Å². The number of carbonyl (C=O) groups is 3. The lowest BCUT2D eigenvalue weighted by atomic mass is 10.0. The summed E-state index contributed by atoms with van der Waals surface area (Å²) in [6, 6.07) is 8.05. The number of rotatable bonds is 8. The molecule has 0 aliphatic rings. The van der Waals surface area contributed by atoms with E-state index in [1.54, 1.807) is 31.2 Å². The van der Waals surface area contributed by atoms with Gasteiger partial charge in [-0.15, -0.1) is 0 Å². The van der Waals surface area contributed by atoms with E-state index in [1.165, 1.54) is 0 Å². The quantitative estimate of drug-likeness (QED) is 0.525. The van der Waals surface area contributed by atoms with E-state index >= 15 is 0 Å². The lowest BCUT2D eigenvalue weighted by Crippen LogP contribution is -2.51. The summed E-state index contributed by atoms with van der Waals surface area (Å²) in [6.45, 7) is 1.11. The number of benzene rings is 1. The van der Waals surface area contributed by atoms with Gasteiger partial charge in [0.2, 0.25) is 11.8 Å². The number of carbonyl (C=O) groups excluding carboxylic acids is 2. The number of nitrogens with one attached hydrogen (secondary N) is 2. The summed E-state index contributed by atoms with van der Waals surface area (Å²) in [4.78, 5) is 34.3. The second kappa shape index (κ2) is 8.78. The molecule has 7 heteroatoms. The highest BCUT2D eigenvalue weighted by molar-refractivity contribution is 5.90. The molecule has 1 unspecified atom stereocenters. The molecular formula is C15H20N2O5. The first kappa shape index (κ1) is 17.6. The van der Waals surface area contributed by atoms with Crippen molar-refractivity contribution in [2.75, 3.05) is 6.54 Å². The summed E-state index contributed by atoms with van der Waals surface area (Å²) in [6.07, 6.45) is -0.778. The van der Waals surface area contributed by atoms with E-state index in [0.29, 0.717) is 0 Å². The zero-order chi connectivity index (χ0) is 16.5. The maximum Gasteiger partial charge on any atom is 0.322 e. The highest BCUT2D eigenvalue weighted by Gasteiger charge is 2.24. The van der Waals surface area contributed by atoms with E-state index in [2.05, 4.69) is 10.6 Å². The highest BCUT2D eigenvalue weighted by Crippen LogP contribution is 2.04. The van der Waals surface area contributed by atoms with Gasteiger partial charge in [0, 0.05) is 6.42 Å². The Morgan fingerprint density at radius 2 is 1.77 bits per heavy atom. The minimum absolute atomic E-state index is 0.203. The zero-order valence-electron chi connectivity index (χ0n) is 12.3. The molecular weight excluding hydrogens is 288 g/mol. The third kappa shape index (κ3) is 5.92. The van der Waals surface area contributed by atoms with Crippen molar-refractivity contribution in [3.05, 3.63) is 35.9 Å². The number of aliphatic carboxylic acids is 1. The molecule has 2 atom stereocenters. The molecule has 2 amide bonds. The minimum Gasteiger partial charge on any atom is -0.480 e. The van der Waals surface area contributed by atoms with Crippen LogP contribution in [0.25, 0.3) is 0 Å². The molecule has 0 fully saturated rings. The molecule has 120 valence electrons. The van der Waals surface area contributed by atoms with Gasteiger partial charge in [-0.1, -0.05) is 37.3 Å². The fourth-order valence-corrected chi connectivity index (χ4v) is 1.80. The molecule has 0 heterocycles. The first-order valence-corrected chi connectivity index (χ1v) is 6.96. The minimum atomic E-state index is -1.20. The Kier molecular flexibility index (Phi) is 7.04. The van der Waals surface area contributed by atoms with Gasteiger partial charge in [0.1, 0.15) is 18.7 Å². The third-order valence-corrected chi connectivity index (χ3v) is 3.02. The third-order valence-electron chi connectivity index (χ3n) is 3.02. The fourth-order valence-electron chi connectivity index (χ4n) is 1.80. The van der Waals surface area contributed by atoms with Crippen molar-refractivity contribution in [3.63, 3.8) is 0 Å². The normalized spacial score (nSPS) is 13.0. The van der Waals surface area contributed by atoms with Crippen molar-refractivity contribution in [1.82, 2.24) is 10.6 Å². The maximum atomic E-state index is 12.0. The monoisotopic (exact) mass is 308 g/mol. The Balaban J connectivity index is 2.77. The van der Waals surface area contributed by atoms with Gasteiger partial charge in [-0.05, 0) is 12.0 Å². The second-order valence-electron chi connectivity index (χ2n) is 4.79. The van der Waals surface area contributed by atoms with Crippen LogP contribution in [0.3, 0.4) is 0 Å². The van der Waals surface area contributed by atoms with E-state index in [0.717, 1.165) is 5.56 Å². The number of hydrogen-bond donors (Lipinski definition) is 4. The maximum absolute atomic E-state index is 12.0. The van der Waals surface area contributed by atoms with E-state index < -0.39 is 36.5 Å². The van der Waals surface area contributed by atoms with Crippen LogP contribution in [0.4, 0.5) is 0 Å². The topological polar surface area (TPSA) is 116 Å². The van der Waals surface area contributed by atoms with Crippen LogP contribution >= 0.6 is 0 Å². The molecule has 22 heavy (non-hydrogen) atoms. The summed E-state index contributed by atoms with van der Waals surface area (Å²) < 4.78 is 0. The van der Waals surface area contributed by atoms with Crippen molar-refractivity contribution in [2.45, 2.75) is 31.9 Å². The number of carboxylic acid groups (broad SMARTS) is 1. The number of hydrogen-bond acceptors (Lipinski definition) is 4. The summed E-state index contributed by atoms with van der Waals surface area (Å²) >= 11 is 0. The summed E-state index contributed by atoms with van der Waals surface area (Å²) in [5.41, 5.74) is 0.810. The molecule has 0 aromatic heterocycles. The number of aliphatic hydroxyl groups excluding tert-OH is 1. The fraction of sp³-hybridized carbons (Fsp3) is 0.400. The van der Waals surface area contributed by atoms with Gasteiger partial charge in [-0.2, -0.15) is 0 Å². The Morgan fingerprint density at radius 1 is 1.14 bits per heavy atom. The van der Waals surface area contributed by atoms with Crippen LogP contribution in [0.2, 0.25) is 0 Å². The summed E-state index contributed by atoms with van der Waals surface area (Å²) in [5.74, 6) is -2.44. The molecule has 0 spiro atoms. The van der Waals surface area contributed by atoms with Gasteiger partial charge in [-0.25, -0.2) is 0 Å². The molecule has 0 saturated carbocycles. The predicted molar refractivity (Wildman–Crippen MR) is 79.0 cm³/mol. The lowest BCUT2D eigenvalue weighted by Gasteiger charge is -2.19. The van der Waals surface area contributed by atoms with E-state index in [9.17, 15) is 19.5 Å². The van der Waals surface area contributed by atoms with Crippen molar-refractivity contribution in [2.24, 2.45) is 0 Å². The van der Waals surface area contributed by atoms with Crippen LogP contribution in [0.5, 0.6) is 0 Å². The molecule has 4 N–H and O–H groups in total. The molecule has 1 aromatic rings. The standard InChI is InChI=1S/C15H20N2O5/c1-2-12(18)15(22)17-11(14(21)16-9-13(19)20)8-10-6-4-3-5-7-10/h3-7,11-12,18H,2,8-9H2,1H3,(H,16,21)(H,17,22)(H,19,20)/t11-,12?/m0/s1. The second-order valence-corrected chi connectivity index (χ2v) is 4.79. The average Bonchev–Trinajstić information content (AvgIpc) is 2.51. The van der Waals surface area contributed by atoms with Gasteiger partial charge in [0.05, 0.1) is 0 Å². The summed E-state index contributed by atoms with van der Waals surface area (Å²) in [5, 5.41) is 22.8. The van der Waals surface area contributed by atoms with Crippen molar-refractivity contribution >= 4 is 17.8 Å². The highest BCUT2D eigenvalue weighted by atomic mass is 16.4. The Bertz CT molecular complexity index is 518. The van der Waals surface area contributed by atoms with E-state index in [1.807, 2.05) is 6.07 Å². The van der Waals surface area contributed by atoms with Gasteiger partial charge in [0.15, 0.2) is 0 Å². The molecule has 7 nitrogen and oxygen atoms in total. The van der Waals surface area contributed by atoms with Crippen molar-refractivity contribution in [3.8, 4) is 0 Å². The van der Waals surface area contributed by atoms with Gasteiger partial charge >= 0.3 is 5.97 Å². The Hall–Kier alpha value is -2.41. The van der Waals surface area contributed by atoms with Crippen LogP contribution < -0.4 is 10.6 Å². The first-order chi connectivity index (χ1) is 10.4. The number of carboxylic acids is 1. The van der Waals surface area contributed by atoms with Crippen molar-refractivity contribution in [1.29, 1.82) is 0 Å². The van der Waals surface area contributed by atoms with Gasteiger partial charge in [-0.3, -0.25) is 14.4 Å². The predicted octanol–water partition coefficient (Wildman–Crippen LogP) is -0.314. The number of aliphatic hydroxyl groups is 1. The van der Waals surface area contributed by atoms with Crippen molar-refractivity contribution < 1.29 is 24.6 Å². The zero-order valence-corrected chi connectivity index (χ0v) is 12.3. The first-order valence-electron chi connectivity index (χ1n) is 6.96. The molecule has 1 aromatic carbocycles. The lowest BCUT2D eigenvalue weighted by molar-refractivity contribution is -0.138. The Morgan fingerprint density at radius 3 is 2.32 bits per heavy atom. The van der Waals surface area contributed by atoms with Crippen LogP contribution in [0, 0.1) is 0 Å². The molecule has 0 bridgehead atoms. The smallest absolute Gasteiger partial charge is 0.322 e. The van der Waals surface area contributed by atoms with E-state index in [-0.39, 0.29) is 12.8 Å². The Labute approximate surface area is 128 Å². The molecule has 0 radical (unpaired) electrons. The molecule has 1 rings (SSSR count). The number of amides is 2. The SMILES string of the molecule is CCC(O)C(=O)N[C@@H](Cc1ccccc1)C(=O)NCC(=O)O. The molecule has 0 aliphatic heterocycles. The van der Waals surface area contributed by atoms with Crippen LogP contribution in [-0.2, 0) is 20.8 Å². The van der Waals surface area contributed by atoms with Gasteiger partial charge in [0.25, 0.3) is 0 Å². The van der Waals surface area contributed by atoms with Crippen LogP contribution in [0.1, 0.15) is 18.9 Å².